The maximum Gasteiger partial charge on any atom is 0.410 e. The average molecular weight is 451 g/mol. The fourth-order valence-electron chi connectivity index (χ4n) is 4.80. The lowest BCUT2D eigenvalue weighted by atomic mass is 9.90. The number of carboxylic acid groups (broad SMARTS) is 1. The van der Waals surface area contributed by atoms with E-state index < -0.39 is 11.6 Å². The maximum atomic E-state index is 12.7. The highest BCUT2D eigenvalue weighted by Crippen LogP contribution is 2.35. The summed E-state index contributed by atoms with van der Waals surface area (Å²) in [6.07, 6.45) is 1.08. The Kier molecular flexibility index (Phi) is 6.67. The highest BCUT2D eigenvalue weighted by Gasteiger charge is 2.47. The minimum absolute atomic E-state index is 0.0133. The number of carbonyl (C=O) groups excluding carboxylic acids is 2. The van der Waals surface area contributed by atoms with Gasteiger partial charge in [-0.3, -0.25) is 14.5 Å². The van der Waals surface area contributed by atoms with Crippen molar-refractivity contribution in [2.75, 3.05) is 19.6 Å². The average Bonchev–Trinajstić information content (AvgIpc) is 3.08. The molecule has 0 aliphatic carbocycles. The first-order valence-electron chi connectivity index (χ1n) is 11.5. The van der Waals surface area contributed by atoms with Gasteiger partial charge < -0.3 is 14.7 Å². The lowest BCUT2D eigenvalue weighted by Crippen LogP contribution is -2.49. The van der Waals surface area contributed by atoms with Crippen molar-refractivity contribution in [1.29, 1.82) is 0 Å². The number of hydrogen-bond donors (Lipinski definition) is 1. The Labute approximate surface area is 193 Å². The number of rotatable bonds is 7. The van der Waals surface area contributed by atoms with Crippen molar-refractivity contribution in [2.24, 2.45) is 5.92 Å². The van der Waals surface area contributed by atoms with Crippen LogP contribution >= 0.6 is 0 Å². The summed E-state index contributed by atoms with van der Waals surface area (Å²) in [6, 6.07) is 18.2. The molecule has 2 fully saturated rings. The molecule has 1 unspecified atom stereocenters. The van der Waals surface area contributed by atoms with Crippen molar-refractivity contribution in [3.63, 3.8) is 0 Å². The van der Waals surface area contributed by atoms with Crippen LogP contribution in [0.5, 0.6) is 0 Å². The fraction of sp³-hybridized carbons (Fsp3) is 0.423. The maximum absolute atomic E-state index is 12.7. The van der Waals surface area contributed by atoms with Crippen LogP contribution in [-0.4, -0.2) is 58.1 Å². The number of nitrogens with zero attached hydrogens (tertiary/aromatic N) is 2. The van der Waals surface area contributed by atoms with Crippen molar-refractivity contribution in [2.45, 2.75) is 44.8 Å². The highest BCUT2D eigenvalue weighted by molar-refractivity contribution is 5.78. The number of hydrogen-bond acceptors (Lipinski definition) is 4. The third-order valence-corrected chi connectivity index (χ3v) is 6.58. The molecular weight excluding hydrogens is 420 g/mol. The van der Waals surface area contributed by atoms with Crippen LogP contribution < -0.4 is 0 Å². The summed E-state index contributed by atoms with van der Waals surface area (Å²) in [6.45, 7) is 3.79. The van der Waals surface area contributed by atoms with E-state index >= 15 is 0 Å². The molecule has 0 saturated carbocycles. The van der Waals surface area contributed by atoms with Gasteiger partial charge in [-0.1, -0.05) is 61.5 Å². The summed E-state index contributed by atoms with van der Waals surface area (Å²) in [5.41, 5.74) is 2.71. The predicted molar refractivity (Wildman–Crippen MR) is 123 cm³/mol. The molecule has 2 aliphatic heterocycles. The number of benzene rings is 2. The molecule has 2 amide bonds. The Bertz CT molecular complexity index is 1010. The van der Waals surface area contributed by atoms with Gasteiger partial charge in [0.15, 0.2) is 0 Å². The van der Waals surface area contributed by atoms with E-state index in [1.165, 1.54) is 0 Å². The van der Waals surface area contributed by atoms with Crippen molar-refractivity contribution < 1.29 is 24.2 Å². The van der Waals surface area contributed by atoms with Gasteiger partial charge in [0.05, 0.1) is 6.54 Å². The van der Waals surface area contributed by atoms with Crippen LogP contribution in [0.3, 0.4) is 0 Å². The minimum atomic E-state index is -0.889. The molecule has 2 aromatic rings. The van der Waals surface area contributed by atoms with Crippen molar-refractivity contribution in [1.82, 2.24) is 9.80 Å². The zero-order valence-corrected chi connectivity index (χ0v) is 18.9. The van der Waals surface area contributed by atoms with E-state index in [2.05, 4.69) is 18.2 Å². The molecule has 2 heterocycles. The second kappa shape index (κ2) is 9.65. The molecule has 0 aromatic heterocycles. The number of aliphatic carboxylic acids is 1. The smallest absolute Gasteiger partial charge is 0.410 e. The molecule has 0 radical (unpaired) electrons. The van der Waals surface area contributed by atoms with Gasteiger partial charge in [-0.15, -0.1) is 0 Å². The molecule has 0 bridgehead atoms. The summed E-state index contributed by atoms with van der Waals surface area (Å²) >= 11 is 0. The first kappa shape index (κ1) is 22.8. The van der Waals surface area contributed by atoms with Crippen LogP contribution in [-0.2, 0) is 20.9 Å². The van der Waals surface area contributed by atoms with E-state index in [4.69, 9.17) is 9.84 Å². The molecule has 2 aromatic carbocycles. The molecule has 1 spiro atoms. The summed E-state index contributed by atoms with van der Waals surface area (Å²) in [4.78, 5) is 39.7. The number of carboxylic acids is 1. The Morgan fingerprint density at radius 3 is 2.39 bits per heavy atom. The molecule has 1 N–H and O–H groups in total. The Morgan fingerprint density at radius 1 is 1.03 bits per heavy atom. The van der Waals surface area contributed by atoms with Crippen LogP contribution in [0.4, 0.5) is 4.79 Å². The fourth-order valence-corrected chi connectivity index (χ4v) is 4.80. The van der Waals surface area contributed by atoms with Gasteiger partial charge in [-0.25, -0.2) is 4.79 Å². The summed E-state index contributed by atoms with van der Waals surface area (Å²) in [5, 5.41) is 8.91. The molecule has 2 saturated heterocycles. The second-order valence-electron chi connectivity index (χ2n) is 9.22. The Hall–Kier alpha value is -3.35. The zero-order chi connectivity index (χ0) is 23.4. The third-order valence-electron chi connectivity index (χ3n) is 6.58. The third kappa shape index (κ3) is 5.35. The Morgan fingerprint density at radius 2 is 1.70 bits per heavy atom. The summed E-state index contributed by atoms with van der Waals surface area (Å²) < 4.78 is 5.85. The van der Waals surface area contributed by atoms with Gasteiger partial charge in [0.2, 0.25) is 5.91 Å². The van der Waals surface area contributed by atoms with E-state index in [0.29, 0.717) is 39.0 Å². The summed E-state index contributed by atoms with van der Waals surface area (Å²) in [7, 11) is 0. The van der Waals surface area contributed by atoms with Crippen LogP contribution in [0.1, 0.15) is 38.2 Å². The number of amides is 2. The van der Waals surface area contributed by atoms with Crippen molar-refractivity contribution in [3.05, 3.63) is 60.2 Å². The van der Waals surface area contributed by atoms with Gasteiger partial charge >= 0.3 is 12.1 Å². The predicted octanol–water partition coefficient (Wildman–Crippen LogP) is 4.17. The van der Waals surface area contributed by atoms with E-state index in [-0.39, 0.29) is 30.8 Å². The SMILES string of the molecule is CC(CC(=O)O)CC(=O)N1CCC2(CC1)CN(Cc1ccccc1-c1ccccc1)C(=O)O2. The van der Waals surface area contributed by atoms with Gasteiger partial charge in [0.25, 0.3) is 0 Å². The zero-order valence-electron chi connectivity index (χ0n) is 18.9. The monoisotopic (exact) mass is 450 g/mol. The first-order chi connectivity index (χ1) is 15.8. The van der Waals surface area contributed by atoms with Gasteiger partial charge in [-0.2, -0.15) is 0 Å². The van der Waals surface area contributed by atoms with E-state index in [9.17, 15) is 14.4 Å². The molecule has 7 nitrogen and oxygen atoms in total. The van der Waals surface area contributed by atoms with Crippen molar-refractivity contribution in [3.8, 4) is 11.1 Å². The number of piperidine rings is 1. The van der Waals surface area contributed by atoms with Crippen LogP contribution in [0, 0.1) is 5.92 Å². The first-order valence-corrected chi connectivity index (χ1v) is 11.5. The molecule has 7 heteroatoms. The van der Waals surface area contributed by atoms with Gasteiger partial charge in [0, 0.05) is 45.3 Å². The van der Waals surface area contributed by atoms with Crippen LogP contribution in [0.25, 0.3) is 11.1 Å². The topological polar surface area (TPSA) is 87.2 Å². The standard InChI is InChI=1S/C26H30N2O5/c1-19(16-24(30)31)15-23(29)27-13-11-26(12-14-27)18-28(25(32)33-26)17-21-9-5-6-10-22(21)20-7-3-2-4-8-20/h2-10,19H,11-18H2,1H3,(H,30,31). The van der Waals surface area contributed by atoms with E-state index in [1.807, 2.05) is 36.4 Å². The molecule has 174 valence electrons. The van der Waals surface area contributed by atoms with Crippen LogP contribution in [0.15, 0.2) is 54.6 Å². The van der Waals surface area contributed by atoms with Gasteiger partial charge in [0.1, 0.15) is 5.60 Å². The normalized spacial score (nSPS) is 18.3. The highest BCUT2D eigenvalue weighted by atomic mass is 16.6. The quantitative estimate of drug-likeness (QED) is 0.684. The minimum Gasteiger partial charge on any atom is -0.481 e. The molecular formula is C26H30N2O5. The van der Waals surface area contributed by atoms with Crippen molar-refractivity contribution >= 4 is 18.0 Å². The lowest BCUT2D eigenvalue weighted by Gasteiger charge is -2.37. The van der Waals surface area contributed by atoms with E-state index in [1.54, 1.807) is 16.7 Å². The second-order valence-corrected chi connectivity index (χ2v) is 9.22. The molecule has 33 heavy (non-hydrogen) atoms. The van der Waals surface area contributed by atoms with Gasteiger partial charge in [-0.05, 0) is 22.6 Å². The summed E-state index contributed by atoms with van der Waals surface area (Å²) in [5.74, 6) is -1.12. The molecule has 1 atom stereocenters. The lowest BCUT2D eigenvalue weighted by molar-refractivity contribution is -0.139. The van der Waals surface area contributed by atoms with E-state index in [0.717, 1.165) is 16.7 Å². The Balaban J connectivity index is 1.37. The van der Waals surface area contributed by atoms with Crippen LogP contribution in [0.2, 0.25) is 0 Å². The molecule has 2 aliphatic rings. The largest absolute Gasteiger partial charge is 0.481 e. The number of ether oxygens (including phenoxy) is 1. The molecule has 4 rings (SSSR count). The number of carbonyl (C=O) groups is 3. The number of likely N-dealkylation sites (tertiary alicyclic amines) is 1.